The number of carbonyl (C=O) groups is 2. The molecule has 0 heterocycles. The van der Waals surface area contributed by atoms with Gasteiger partial charge in [0, 0.05) is 12.1 Å². The van der Waals surface area contributed by atoms with Crippen molar-refractivity contribution in [3.63, 3.8) is 0 Å². The Morgan fingerprint density at radius 2 is 1.58 bits per heavy atom. The largest absolute Gasteiger partial charge is 0.347 e. The van der Waals surface area contributed by atoms with E-state index in [1.54, 1.807) is 0 Å². The number of hydrogen-bond acceptors (Lipinski definition) is 2. The third kappa shape index (κ3) is 5.45. The first-order chi connectivity index (χ1) is 12.7. The molecule has 0 radical (unpaired) electrons. The van der Waals surface area contributed by atoms with Crippen molar-refractivity contribution >= 4 is 17.5 Å². The van der Waals surface area contributed by atoms with E-state index in [2.05, 4.69) is 22.8 Å². The van der Waals surface area contributed by atoms with E-state index in [0.717, 1.165) is 30.5 Å². The number of nitrogens with one attached hydrogen (secondary N) is 2. The van der Waals surface area contributed by atoms with Gasteiger partial charge in [-0.3, -0.25) is 9.59 Å². The Kier molecular flexibility index (Phi) is 6.42. The summed E-state index contributed by atoms with van der Waals surface area (Å²) in [5.74, 6) is 0.277. The molecular weight excluding hydrogens is 324 g/mol. The van der Waals surface area contributed by atoms with Crippen LogP contribution in [0.5, 0.6) is 0 Å². The van der Waals surface area contributed by atoms with E-state index in [-0.39, 0.29) is 18.4 Å². The van der Waals surface area contributed by atoms with Crippen molar-refractivity contribution in [3.05, 3.63) is 65.7 Å². The molecule has 0 bridgehead atoms. The summed E-state index contributed by atoms with van der Waals surface area (Å²) >= 11 is 0. The Hall–Kier alpha value is -2.62. The first-order valence-electron chi connectivity index (χ1n) is 9.39. The molecule has 26 heavy (non-hydrogen) atoms. The number of hydrogen-bond donors (Lipinski definition) is 2. The number of amides is 2. The van der Waals surface area contributed by atoms with Crippen LogP contribution >= 0.6 is 0 Å². The van der Waals surface area contributed by atoms with E-state index < -0.39 is 0 Å². The van der Waals surface area contributed by atoms with Gasteiger partial charge in [0.1, 0.15) is 0 Å². The van der Waals surface area contributed by atoms with E-state index in [1.165, 1.54) is 18.4 Å². The van der Waals surface area contributed by atoms with Gasteiger partial charge in [-0.1, -0.05) is 61.4 Å². The van der Waals surface area contributed by atoms with Gasteiger partial charge in [-0.25, -0.2) is 0 Å². The molecule has 0 saturated heterocycles. The minimum atomic E-state index is -0.190. The van der Waals surface area contributed by atoms with Crippen molar-refractivity contribution in [2.24, 2.45) is 5.92 Å². The minimum Gasteiger partial charge on any atom is -0.347 e. The standard InChI is InChI=1S/C22H26N2O2/c25-21(15-18-10-4-5-11-18)23-16-22(26)24-20-13-7-6-12-19(20)14-17-8-2-1-3-9-17/h1-3,6-9,12-13,18H,4-5,10-11,14-16H2,(H,23,25)(H,24,26). The van der Waals surface area contributed by atoms with Crippen LogP contribution in [0, 0.1) is 5.92 Å². The van der Waals surface area contributed by atoms with Crippen molar-refractivity contribution < 1.29 is 9.59 Å². The second kappa shape index (κ2) is 9.18. The predicted octanol–water partition coefficient (Wildman–Crippen LogP) is 3.91. The second-order valence-electron chi connectivity index (χ2n) is 7.00. The van der Waals surface area contributed by atoms with E-state index in [0.29, 0.717) is 12.3 Å². The molecule has 4 nitrogen and oxygen atoms in total. The van der Waals surface area contributed by atoms with Crippen molar-refractivity contribution in [3.8, 4) is 0 Å². The summed E-state index contributed by atoms with van der Waals surface area (Å²) in [6.45, 7) is 0.0191. The van der Waals surface area contributed by atoms with Crippen LogP contribution in [-0.2, 0) is 16.0 Å². The van der Waals surface area contributed by atoms with Crippen molar-refractivity contribution in [2.45, 2.75) is 38.5 Å². The smallest absolute Gasteiger partial charge is 0.243 e. The normalized spacial score (nSPS) is 14.2. The number of carbonyl (C=O) groups excluding carboxylic acids is 2. The van der Waals surface area contributed by atoms with Crippen LogP contribution in [-0.4, -0.2) is 18.4 Å². The number of benzene rings is 2. The first kappa shape index (κ1) is 18.2. The van der Waals surface area contributed by atoms with Gasteiger partial charge in [-0.2, -0.15) is 0 Å². The molecule has 0 atom stereocenters. The van der Waals surface area contributed by atoms with Crippen LogP contribution in [0.4, 0.5) is 5.69 Å². The highest BCUT2D eigenvalue weighted by molar-refractivity contribution is 5.95. The van der Waals surface area contributed by atoms with Gasteiger partial charge >= 0.3 is 0 Å². The average Bonchev–Trinajstić information content (AvgIpc) is 3.15. The van der Waals surface area contributed by atoms with Crippen LogP contribution in [0.2, 0.25) is 0 Å². The van der Waals surface area contributed by atoms with Crippen LogP contribution in [0.15, 0.2) is 54.6 Å². The molecule has 0 unspecified atom stereocenters. The highest BCUT2D eigenvalue weighted by Crippen LogP contribution is 2.27. The summed E-state index contributed by atoms with van der Waals surface area (Å²) < 4.78 is 0. The predicted molar refractivity (Wildman–Crippen MR) is 104 cm³/mol. The quantitative estimate of drug-likeness (QED) is 0.795. The molecule has 2 N–H and O–H groups in total. The lowest BCUT2D eigenvalue weighted by Gasteiger charge is -2.13. The van der Waals surface area contributed by atoms with Crippen molar-refractivity contribution in [1.29, 1.82) is 0 Å². The van der Waals surface area contributed by atoms with Gasteiger partial charge < -0.3 is 10.6 Å². The zero-order valence-electron chi connectivity index (χ0n) is 15.0. The Balaban J connectivity index is 1.51. The molecule has 0 aromatic heterocycles. The lowest BCUT2D eigenvalue weighted by Crippen LogP contribution is -2.33. The Labute approximate surface area is 155 Å². The molecule has 3 rings (SSSR count). The van der Waals surface area contributed by atoms with Crippen LogP contribution in [0.3, 0.4) is 0 Å². The summed E-state index contributed by atoms with van der Waals surface area (Å²) in [5, 5.41) is 5.67. The zero-order chi connectivity index (χ0) is 18.2. The topological polar surface area (TPSA) is 58.2 Å². The molecule has 2 aromatic rings. The van der Waals surface area contributed by atoms with E-state index in [4.69, 9.17) is 0 Å². The summed E-state index contributed by atoms with van der Waals surface area (Å²) in [4.78, 5) is 24.2. The average molecular weight is 350 g/mol. The summed E-state index contributed by atoms with van der Waals surface area (Å²) in [6, 6.07) is 17.9. The summed E-state index contributed by atoms with van der Waals surface area (Å²) in [6.07, 6.45) is 6.00. The highest BCUT2D eigenvalue weighted by Gasteiger charge is 2.18. The first-order valence-corrected chi connectivity index (χ1v) is 9.39. The minimum absolute atomic E-state index is 0.0191. The molecule has 0 spiro atoms. The maximum atomic E-state index is 12.2. The Bertz CT molecular complexity index is 737. The molecule has 1 fully saturated rings. The second-order valence-corrected chi connectivity index (χ2v) is 7.00. The Morgan fingerprint density at radius 3 is 2.35 bits per heavy atom. The van der Waals surface area contributed by atoms with Gasteiger partial charge in [0.2, 0.25) is 11.8 Å². The molecule has 1 saturated carbocycles. The van der Waals surface area contributed by atoms with Crippen LogP contribution < -0.4 is 10.6 Å². The molecule has 4 heteroatoms. The molecule has 0 aliphatic heterocycles. The van der Waals surface area contributed by atoms with E-state index in [9.17, 15) is 9.59 Å². The molecule has 2 amide bonds. The van der Waals surface area contributed by atoms with E-state index in [1.807, 2.05) is 42.5 Å². The van der Waals surface area contributed by atoms with Crippen LogP contribution in [0.1, 0.15) is 43.2 Å². The number of anilines is 1. The molecule has 1 aliphatic carbocycles. The van der Waals surface area contributed by atoms with Gasteiger partial charge in [-0.05, 0) is 42.4 Å². The van der Waals surface area contributed by atoms with Gasteiger partial charge in [0.15, 0.2) is 0 Å². The fourth-order valence-corrected chi connectivity index (χ4v) is 3.53. The van der Waals surface area contributed by atoms with Gasteiger partial charge in [-0.15, -0.1) is 0 Å². The molecule has 136 valence electrons. The third-order valence-corrected chi connectivity index (χ3v) is 4.92. The van der Waals surface area contributed by atoms with Crippen molar-refractivity contribution in [2.75, 3.05) is 11.9 Å². The fraction of sp³-hybridized carbons (Fsp3) is 0.364. The highest BCUT2D eigenvalue weighted by atomic mass is 16.2. The molecular formula is C22H26N2O2. The van der Waals surface area contributed by atoms with E-state index >= 15 is 0 Å². The fourth-order valence-electron chi connectivity index (χ4n) is 3.53. The SMILES string of the molecule is O=C(CC1CCCC1)NCC(=O)Nc1ccccc1Cc1ccccc1. The monoisotopic (exact) mass is 350 g/mol. The maximum absolute atomic E-state index is 12.2. The molecule has 2 aromatic carbocycles. The lowest BCUT2D eigenvalue weighted by molar-refractivity contribution is -0.124. The number of rotatable bonds is 7. The summed E-state index contributed by atoms with van der Waals surface area (Å²) in [7, 11) is 0. The Morgan fingerprint density at radius 1 is 0.885 bits per heavy atom. The maximum Gasteiger partial charge on any atom is 0.243 e. The zero-order valence-corrected chi connectivity index (χ0v) is 15.0. The number of para-hydroxylation sites is 1. The van der Waals surface area contributed by atoms with Crippen molar-refractivity contribution in [1.82, 2.24) is 5.32 Å². The third-order valence-electron chi connectivity index (χ3n) is 4.92. The lowest BCUT2D eigenvalue weighted by atomic mass is 10.0. The van der Waals surface area contributed by atoms with Gasteiger partial charge in [0.05, 0.1) is 6.54 Å². The van der Waals surface area contributed by atoms with Gasteiger partial charge in [0.25, 0.3) is 0 Å². The van der Waals surface area contributed by atoms with Crippen LogP contribution in [0.25, 0.3) is 0 Å². The molecule has 1 aliphatic rings. The summed E-state index contributed by atoms with van der Waals surface area (Å²) in [5.41, 5.74) is 3.05.